The van der Waals surface area contributed by atoms with Gasteiger partial charge in [0.05, 0.1) is 0 Å². The average molecular weight is 992 g/mol. The summed E-state index contributed by atoms with van der Waals surface area (Å²) in [5.74, 6) is 0. The van der Waals surface area contributed by atoms with E-state index in [2.05, 4.69) is 193 Å². The van der Waals surface area contributed by atoms with Crippen LogP contribution >= 0.6 is 23.2 Å². The maximum absolute atomic E-state index is 6.38. The van der Waals surface area contributed by atoms with Crippen LogP contribution in [0.25, 0.3) is 65.3 Å². The molecule has 0 unspecified atom stereocenters. The molecule has 0 radical (unpaired) electrons. The van der Waals surface area contributed by atoms with Crippen molar-refractivity contribution in [3.8, 4) is 22.3 Å². The molecule has 0 atom stereocenters. The van der Waals surface area contributed by atoms with Crippen LogP contribution < -0.4 is 24.8 Å². The van der Waals surface area contributed by atoms with Crippen molar-refractivity contribution in [1.29, 1.82) is 0 Å². The van der Waals surface area contributed by atoms with E-state index in [1.54, 1.807) is 0 Å². The predicted octanol–water partition coefficient (Wildman–Crippen LogP) is 11.4. The molecule has 9 aromatic carbocycles. The molecule has 10 rings (SSSR count). The molecule has 0 saturated heterocycles. The third-order valence-electron chi connectivity index (χ3n) is 11.6. The maximum atomic E-state index is 6.38. The monoisotopic (exact) mass is 988 g/mol. The van der Waals surface area contributed by atoms with Crippen molar-refractivity contribution in [2.45, 2.75) is 58.8 Å². The molecule has 0 fully saturated rings. The van der Waals surface area contributed by atoms with Crippen molar-refractivity contribution in [3.63, 3.8) is 0 Å². The van der Waals surface area contributed by atoms with E-state index in [0.717, 1.165) is 27.2 Å². The molecule has 320 valence electrons. The van der Waals surface area contributed by atoms with Gasteiger partial charge >= 0.3 is 166 Å². The first kappa shape index (κ1) is 49.0. The number of benzene rings is 8. The Bertz CT molecular complexity index is 2930. The van der Waals surface area contributed by atoms with Gasteiger partial charge in [-0.25, -0.2) is 12.2 Å². The van der Waals surface area contributed by atoms with Gasteiger partial charge in [-0.05, 0) is 44.2 Å². The van der Waals surface area contributed by atoms with E-state index >= 15 is 0 Å². The second kappa shape index (κ2) is 20.8. The molecule has 0 spiro atoms. The number of hydrogen-bond acceptors (Lipinski definition) is 0. The number of allylic oxidation sites excluding steroid dienone is 4. The van der Waals surface area contributed by atoms with Crippen LogP contribution in [0.15, 0.2) is 182 Å². The Morgan fingerprint density at radius 1 is 0.500 bits per heavy atom. The van der Waals surface area contributed by atoms with Crippen molar-refractivity contribution in [2.24, 2.45) is 0 Å². The molecule has 64 heavy (non-hydrogen) atoms. The number of fused-ring (bicyclic) bond motifs is 5. The Balaban J connectivity index is 0.000000193. The van der Waals surface area contributed by atoms with Crippen LogP contribution in [-0.2, 0) is 35.1 Å². The Kier molecular flexibility index (Phi) is 15.9. The smallest absolute Gasteiger partial charge is 0.109 e. The number of halogens is 4. The maximum Gasteiger partial charge on any atom is -0.109 e. The van der Waals surface area contributed by atoms with Gasteiger partial charge in [-0.2, -0.15) is 6.08 Å². The minimum atomic E-state index is 0. The van der Waals surface area contributed by atoms with E-state index in [0.29, 0.717) is 0 Å². The average Bonchev–Trinajstić information content (AvgIpc) is 3.98. The van der Waals surface area contributed by atoms with Gasteiger partial charge in [-0.3, -0.25) is 6.08 Å². The van der Waals surface area contributed by atoms with E-state index in [1.807, 2.05) is 36.4 Å². The summed E-state index contributed by atoms with van der Waals surface area (Å²) in [6.07, 6.45) is 10.0. The Morgan fingerprint density at radius 2 is 0.891 bits per heavy atom. The van der Waals surface area contributed by atoms with Gasteiger partial charge in [0.25, 0.3) is 0 Å². The van der Waals surface area contributed by atoms with E-state index in [1.165, 1.54) is 104 Å². The van der Waals surface area contributed by atoms with Crippen molar-refractivity contribution >= 4 is 69.5 Å². The fraction of sp³-hybridized carbons (Fsp3) is 0.153. The zero-order valence-electron chi connectivity index (χ0n) is 37.0. The molecule has 0 bridgehead atoms. The van der Waals surface area contributed by atoms with Gasteiger partial charge in [-0.15, -0.1) is 46.2 Å². The summed E-state index contributed by atoms with van der Waals surface area (Å²) in [5, 5.41) is 11.5. The quantitative estimate of drug-likeness (QED) is 0.154. The van der Waals surface area contributed by atoms with Crippen molar-refractivity contribution in [1.82, 2.24) is 0 Å². The van der Waals surface area contributed by atoms with E-state index in [9.17, 15) is 0 Å². The van der Waals surface area contributed by atoms with Gasteiger partial charge in [0.15, 0.2) is 0 Å². The third-order valence-corrected chi connectivity index (χ3v) is 13.6. The van der Waals surface area contributed by atoms with Crippen LogP contribution in [0, 0.1) is 6.08 Å². The minimum Gasteiger partial charge on any atom is -1.00 e. The molecule has 1 aliphatic carbocycles. The molecule has 0 aromatic heterocycles. The normalized spacial score (nSPS) is 12.0. The van der Waals surface area contributed by atoms with Gasteiger partial charge in [0, 0.05) is 0 Å². The molecule has 0 heterocycles. The Morgan fingerprint density at radius 3 is 1.23 bits per heavy atom. The van der Waals surface area contributed by atoms with Crippen LogP contribution in [0.5, 0.6) is 0 Å². The summed E-state index contributed by atoms with van der Waals surface area (Å²) in [5.41, 5.74) is 10.6. The predicted molar refractivity (Wildman–Crippen MR) is 268 cm³/mol. The minimum absolute atomic E-state index is 0. The third kappa shape index (κ3) is 10.5. The van der Waals surface area contributed by atoms with Crippen molar-refractivity contribution in [3.05, 3.63) is 220 Å². The fourth-order valence-corrected chi connectivity index (χ4v) is 10.0. The molecule has 5 heteroatoms. The summed E-state index contributed by atoms with van der Waals surface area (Å²) in [4.78, 5) is 0. The molecule has 1 aliphatic rings. The van der Waals surface area contributed by atoms with Crippen LogP contribution in [0.4, 0.5) is 0 Å². The Hall–Kier alpha value is -4.46. The molecule has 0 N–H and O–H groups in total. The summed E-state index contributed by atoms with van der Waals surface area (Å²) in [7, 11) is 0. The Labute approximate surface area is 416 Å². The van der Waals surface area contributed by atoms with Crippen molar-refractivity contribution in [2.75, 3.05) is 0 Å². The first-order chi connectivity index (χ1) is 29.8. The molecular formula is C59H50Cl4Zr-2. The first-order valence-electron chi connectivity index (χ1n) is 21.3. The molecule has 0 aliphatic heterocycles. The standard InChI is InChI=1S/C33H33.C21H12Cl2.C5H5.2ClH.Zr/c1-32(2,3)30-20-26-24(18-28(30)22-13-9-7-10-14-22)17-25-19-29(23-15-11-8-12-16-23)31(21-27(25)26)33(4,5)6;22-20-11-9-14(16-5-1-3-7-18(16)20)13-15-10-12-21(23)19-8-4-2-6-17(15)19;1-2-4-5-3-1;;;/h7-21H,1-6H3;1-12H;1-3H,4H2;2*1H;/q-1;;-1;;;+2/p-2. The number of hydrogen-bond donors (Lipinski definition) is 0. The summed E-state index contributed by atoms with van der Waals surface area (Å²) in [6, 6.07) is 58.5. The molecule has 9 aromatic rings. The fourth-order valence-electron chi connectivity index (χ4n) is 8.51. The van der Waals surface area contributed by atoms with Crippen LogP contribution in [-0.4, -0.2) is 3.21 Å². The molecule has 0 amide bonds. The SMILES string of the molecule is CC(C)(C)c1cc2c(cc1-c1ccccc1)[cH-]c1cc(-c3ccccc3)c(C(C)(C)C)cc12.Clc1ccc([C](=[Zr+2])c2ccc(Cl)c3ccccc23)c2ccccc12.[C-]1=CC=CC1.[Cl-].[Cl-]. The summed E-state index contributed by atoms with van der Waals surface area (Å²) < 4.78 is 1.31. The first-order valence-corrected chi connectivity index (χ1v) is 23.3. The van der Waals surface area contributed by atoms with Gasteiger partial charge in [0.2, 0.25) is 0 Å². The zero-order chi connectivity index (χ0) is 43.6. The van der Waals surface area contributed by atoms with E-state index < -0.39 is 0 Å². The number of rotatable bonds is 4. The largest absolute Gasteiger partial charge is 1.00 e. The summed E-state index contributed by atoms with van der Waals surface area (Å²) in [6.45, 7) is 13.9. The zero-order valence-corrected chi connectivity index (χ0v) is 42.5. The second-order valence-corrected chi connectivity index (χ2v) is 20.0. The van der Waals surface area contributed by atoms with Crippen molar-refractivity contribution < 1.29 is 49.0 Å². The van der Waals surface area contributed by atoms with Gasteiger partial charge in [-0.1, -0.05) is 114 Å². The molecule has 0 saturated carbocycles. The van der Waals surface area contributed by atoms with Gasteiger partial charge < -0.3 is 24.8 Å². The van der Waals surface area contributed by atoms with Gasteiger partial charge in [0.1, 0.15) is 0 Å². The van der Waals surface area contributed by atoms with E-state index in [4.69, 9.17) is 23.2 Å². The summed E-state index contributed by atoms with van der Waals surface area (Å²) >= 11 is 14.1. The second-order valence-electron chi connectivity index (χ2n) is 18.0. The van der Waals surface area contributed by atoms with Crippen LogP contribution in [0.1, 0.15) is 70.2 Å². The van der Waals surface area contributed by atoms with Crippen LogP contribution in [0.3, 0.4) is 0 Å². The molecule has 0 nitrogen and oxygen atoms in total. The van der Waals surface area contributed by atoms with E-state index in [-0.39, 0.29) is 35.6 Å². The van der Waals surface area contributed by atoms with Crippen LogP contribution in [0.2, 0.25) is 10.0 Å². The molecular weight excluding hydrogens is 942 g/mol. The topological polar surface area (TPSA) is 0 Å².